The van der Waals surface area contributed by atoms with E-state index in [1.54, 1.807) is 12.1 Å². The van der Waals surface area contributed by atoms with E-state index in [0.717, 1.165) is 23.4 Å². The number of aryl methyl sites for hydroxylation is 1. The number of thiophene rings is 1. The number of hydrogen-bond acceptors (Lipinski definition) is 5. The second kappa shape index (κ2) is 7.34. The largest absolute Gasteiger partial charge is 0.306 e. The fourth-order valence-corrected chi connectivity index (χ4v) is 4.22. The maximum Gasteiger partial charge on any atom is 0.259 e. The van der Waals surface area contributed by atoms with Crippen LogP contribution in [0.15, 0.2) is 52.6 Å². The van der Waals surface area contributed by atoms with Crippen LogP contribution in [-0.4, -0.2) is 25.7 Å². The van der Waals surface area contributed by atoms with Crippen LogP contribution in [0, 0.1) is 5.82 Å². The van der Waals surface area contributed by atoms with Gasteiger partial charge in [-0.05, 0) is 42.8 Å². The Kier molecular flexibility index (Phi) is 4.51. The Labute approximate surface area is 174 Å². The predicted octanol–water partition coefficient (Wildman–Crippen LogP) is 3.56. The first-order chi connectivity index (χ1) is 14.6. The highest BCUT2D eigenvalue weighted by Gasteiger charge is 2.22. The number of nitrogens with zero attached hydrogens (tertiary/aromatic N) is 3. The number of halogens is 1. The summed E-state index contributed by atoms with van der Waals surface area (Å²) in [4.78, 5) is 33.4. The molecule has 5 rings (SSSR count). The Morgan fingerprint density at radius 2 is 2.07 bits per heavy atom. The topological polar surface area (TPSA) is 92.7 Å². The van der Waals surface area contributed by atoms with Gasteiger partial charge in [0.2, 0.25) is 5.95 Å². The van der Waals surface area contributed by atoms with Gasteiger partial charge >= 0.3 is 0 Å². The van der Waals surface area contributed by atoms with Gasteiger partial charge in [-0.2, -0.15) is 9.78 Å². The van der Waals surface area contributed by atoms with Crippen molar-refractivity contribution >= 4 is 23.1 Å². The third-order valence-corrected chi connectivity index (χ3v) is 5.87. The van der Waals surface area contributed by atoms with Crippen LogP contribution in [0.5, 0.6) is 0 Å². The zero-order chi connectivity index (χ0) is 20.7. The summed E-state index contributed by atoms with van der Waals surface area (Å²) in [6, 6.07) is 11.2. The molecule has 3 aromatic heterocycles. The molecule has 1 aromatic carbocycles. The van der Waals surface area contributed by atoms with Crippen LogP contribution >= 0.6 is 11.3 Å². The van der Waals surface area contributed by atoms with Crippen LogP contribution in [0.1, 0.15) is 28.0 Å². The molecule has 9 heteroatoms. The Hall–Kier alpha value is -3.59. The van der Waals surface area contributed by atoms with Gasteiger partial charge in [-0.1, -0.05) is 18.2 Å². The van der Waals surface area contributed by atoms with Gasteiger partial charge in [0.15, 0.2) is 0 Å². The first-order valence-electron chi connectivity index (χ1n) is 9.42. The van der Waals surface area contributed by atoms with Crippen molar-refractivity contribution in [3.8, 4) is 16.5 Å². The van der Waals surface area contributed by atoms with Crippen molar-refractivity contribution in [1.29, 1.82) is 0 Å². The number of nitrogens with one attached hydrogen (secondary N) is 2. The van der Waals surface area contributed by atoms with Gasteiger partial charge < -0.3 is 5.32 Å². The number of anilines is 1. The summed E-state index contributed by atoms with van der Waals surface area (Å²) < 4.78 is 15.4. The smallest absolute Gasteiger partial charge is 0.259 e. The molecule has 0 saturated carbocycles. The summed E-state index contributed by atoms with van der Waals surface area (Å²) in [5.41, 5.74) is 1.76. The molecule has 0 bridgehead atoms. The number of benzene rings is 1. The van der Waals surface area contributed by atoms with Crippen molar-refractivity contribution in [1.82, 2.24) is 19.7 Å². The molecule has 0 unspecified atom stereocenters. The number of aromatic nitrogens is 4. The van der Waals surface area contributed by atoms with E-state index in [1.807, 2.05) is 17.5 Å². The molecule has 1 aliphatic rings. The number of hydrogen-bond donors (Lipinski definition) is 2. The van der Waals surface area contributed by atoms with Crippen LogP contribution in [0.3, 0.4) is 0 Å². The predicted molar refractivity (Wildman–Crippen MR) is 112 cm³/mol. The number of H-pyrrole nitrogens is 1. The number of carbonyl (C=O) groups excluding carboxylic acids is 1. The molecule has 0 radical (unpaired) electrons. The summed E-state index contributed by atoms with van der Waals surface area (Å²) in [6.45, 7) is 0. The summed E-state index contributed by atoms with van der Waals surface area (Å²) >= 11 is 1.49. The van der Waals surface area contributed by atoms with Crippen LogP contribution in [0.25, 0.3) is 16.5 Å². The number of carbonyl (C=O) groups is 1. The minimum Gasteiger partial charge on any atom is -0.306 e. The molecule has 0 saturated heterocycles. The van der Waals surface area contributed by atoms with Crippen LogP contribution in [0.2, 0.25) is 0 Å². The molecule has 0 aliphatic heterocycles. The summed E-state index contributed by atoms with van der Waals surface area (Å²) in [7, 11) is 0. The third-order valence-electron chi connectivity index (χ3n) is 4.97. The lowest BCUT2D eigenvalue weighted by Gasteiger charge is -2.09. The van der Waals surface area contributed by atoms with Crippen LogP contribution in [0.4, 0.5) is 10.2 Å². The molecular weight excluding hydrogens is 405 g/mol. The number of amides is 1. The van der Waals surface area contributed by atoms with E-state index >= 15 is 0 Å². The van der Waals surface area contributed by atoms with Crippen LogP contribution < -0.4 is 10.9 Å². The number of aromatic amines is 1. The van der Waals surface area contributed by atoms with E-state index in [9.17, 15) is 14.0 Å². The maximum atomic E-state index is 14.1. The Balaban J connectivity index is 1.60. The molecule has 4 aromatic rings. The summed E-state index contributed by atoms with van der Waals surface area (Å²) in [5, 5.41) is 9.16. The first-order valence-corrected chi connectivity index (χ1v) is 10.3. The average molecular weight is 421 g/mol. The SMILES string of the molecule is O=C(Nc1cc(-c2cccs2)nn1-c1nc2c(c(=O)[nH]1)CCC2)c1ccccc1F. The van der Waals surface area contributed by atoms with E-state index in [0.29, 0.717) is 17.7 Å². The molecule has 3 heterocycles. The molecule has 0 spiro atoms. The van der Waals surface area contributed by atoms with Gasteiger partial charge in [-0.15, -0.1) is 11.3 Å². The Morgan fingerprint density at radius 3 is 2.87 bits per heavy atom. The van der Waals surface area contributed by atoms with Crippen molar-refractivity contribution in [3.63, 3.8) is 0 Å². The fourth-order valence-electron chi connectivity index (χ4n) is 3.53. The van der Waals surface area contributed by atoms with Gasteiger partial charge in [-0.3, -0.25) is 14.6 Å². The van der Waals surface area contributed by atoms with E-state index in [2.05, 4.69) is 20.4 Å². The van der Waals surface area contributed by atoms with Gasteiger partial charge in [0.25, 0.3) is 11.5 Å². The fraction of sp³-hybridized carbons (Fsp3) is 0.143. The van der Waals surface area contributed by atoms with Crippen molar-refractivity contribution < 1.29 is 9.18 Å². The lowest BCUT2D eigenvalue weighted by molar-refractivity contribution is 0.102. The minimum atomic E-state index is -0.622. The molecule has 150 valence electrons. The Bertz CT molecular complexity index is 1310. The van der Waals surface area contributed by atoms with Crippen molar-refractivity contribution in [2.45, 2.75) is 19.3 Å². The standard InChI is InChI=1S/C21H16FN5O2S/c22-14-7-2-1-5-12(14)19(28)24-18-11-16(17-9-4-10-30-17)26-27(18)21-23-15-8-3-6-13(15)20(29)25-21/h1-2,4-5,7,9-11H,3,6,8H2,(H,24,28)(H,23,25,29). The molecule has 1 aliphatic carbocycles. The lowest BCUT2D eigenvalue weighted by Crippen LogP contribution is -2.21. The quantitative estimate of drug-likeness (QED) is 0.527. The van der Waals surface area contributed by atoms with Crippen molar-refractivity contribution in [2.24, 2.45) is 0 Å². The first kappa shape index (κ1) is 18.4. The summed E-state index contributed by atoms with van der Waals surface area (Å²) in [6.07, 6.45) is 2.31. The highest BCUT2D eigenvalue weighted by molar-refractivity contribution is 7.13. The normalized spacial score (nSPS) is 12.7. The van der Waals surface area contributed by atoms with E-state index < -0.39 is 11.7 Å². The molecule has 30 heavy (non-hydrogen) atoms. The molecule has 0 fully saturated rings. The van der Waals surface area contributed by atoms with Gasteiger partial charge in [0.1, 0.15) is 17.3 Å². The summed E-state index contributed by atoms with van der Waals surface area (Å²) in [5.74, 6) is -0.737. The zero-order valence-electron chi connectivity index (χ0n) is 15.7. The van der Waals surface area contributed by atoms with E-state index in [1.165, 1.54) is 34.2 Å². The second-order valence-electron chi connectivity index (χ2n) is 6.91. The van der Waals surface area contributed by atoms with Crippen molar-refractivity contribution in [3.05, 3.63) is 80.8 Å². The second-order valence-corrected chi connectivity index (χ2v) is 7.85. The molecule has 7 nitrogen and oxygen atoms in total. The zero-order valence-corrected chi connectivity index (χ0v) is 16.5. The molecular formula is C21H16FN5O2S. The van der Waals surface area contributed by atoms with Gasteiger partial charge in [0.05, 0.1) is 16.1 Å². The Morgan fingerprint density at radius 1 is 1.20 bits per heavy atom. The average Bonchev–Trinajstić information content (AvgIpc) is 3.48. The molecule has 1 amide bonds. The van der Waals surface area contributed by atoms with E-state index in [-0.39, 0.29) is 22.9 Å². The molecule has 0 atom stereocenters. The lowest BCUT2D eigenvalue weighted by atomic mass is 10.2. The molecule has 2 N–H and O–H groups in total. The van der Waals surface area contributed by atoms with E-state index in [4.69, 9.17) is 0 Å². The number of fused-ring (bicyclic) bond motifs is 1. The highest BCUT2D eigenvalue weighted by Crippen LogP contribution is 2.28. The highest BCUT2D eigenvalue weighted by atomic mass is 32.1. The number of rotatable bonds is 4. The third kappa shape index (κ3) is 3.22. The minimum absolute atomic E-state index is 0.0849. The van der Waals surface area contributed by atoms with Gasteiger partial charge in [-0.25, -0.2) is 9.37 Å². The van der Waals surface area contributed by atoms with Crippen LogP contribution in [-0.2, 0) is 12.8 Å². The van der Waals surface area contributed by atoms with Crippen molar-refractivity contribution in [2.75, 3.05) is 5.32 Å². The van der Waals surface area contributed by atoms with Gasteiger partial charge in [0, 0.05) is 11.6 Å². The maximum absolute atomic E-state index is 14.1. The monoisotopic (exact) mass is 421 g/mol.